The molecule has 0 fully saturated rings. The maximum Gasteiger partial charge on any atom is 0.338 e. The molecule has 0 radical (unpaired) electrons. The lowest BCUT2D eigenvalue weighted by Crippen LogP contribution is -2.44. The van der Waals surface area contributed by atoms with Crippen LogP contribution in [0.15, 0.2) is 97.2 Å². The van der Waals surface area contributed by atoms with Crippen LogP contribution in [-0.2, 0) is 16.1 Å². The molecule has 0 saturated heterocycles. The van der Waals surface area contributed by atoms with Crippen molar-refractivity contribution in [2.45, 2.75) is 24.9 Å². The second kappa shape index (κ2) is 12.5. The monoisotopic (exact) mass is 460 g/mol. The molecule has 0 unspecified atom stereocenters. The third kappa shape index (κ3) is 6.44. The van der Waals surface area contributed by atoms with Gasteiger partial charge in [0.25, 0.3) is 0 Å². The van der Waals surface area contributed by atoms with Crippen LogP contribution in [0.5, 0.6) is 5.75 Å². The summed E-state index contributed by atoms with van der Waals surface area (Å²) in [5, 5.41) is 20.4. The Kier molecular flexibility index (Phi) is 9.21. The van der Waals surface area contributed by atoms with Gasteiger partial charge in [0.15, 0.2) is 6.10 Å². The van der Waals surface area contributed by atoms with E-state index in [1.807, 2.05) is 60.7 Å². The van der Waals surface area contributed by atoms with Crippen LogP contribution in [0.25, 0.3) is 5.57 Å². The molecule has 176 valence electrons. The molecule has 3 atom stereocenters. The average Bonchev–Trinajstić information content (AvgIpc) is 2.90. The van der Waals surface area contributed by atoms with E-state index < -0.39 is 30.9 Å². The Bertz CT molecular complexity index is 1090. The topological polar surface area (TPSA) is 85.2 Å². The molecule has 6 nitrogen and oxygen atoms in total. The number of hydrogen-bond acceptors (Lipinski definition) is 6. The predicted molar refractivity (Wildman–Crippen MR) is 129 cm³/mol. The maximum absolute atomic E-state index is 13.1. The Labute approximate surface area is 199 Å². The van der Waals surface area contributed by atoms with Crippen molar-refractivity contribution in [1.82, 2.24) is 0 Å². The van der Waals surface area contributed by atoms with Gasteiger partial charge in [0, 0.05) is 5.57 Å². The first kappa shape index (κ1) is 25.0. The number of ether oxygens (including phenoxy) is 3. The van der Waals surface area contributed by atoms with Crippen molar-refractivity contribution in [3.05, 3.63) is 114 Å². The van der Waals surface area contributed by atoms with Gasteiger partial charge < -0.3 is 24.4 Å². The molecule has 0 aliphatic rings. The summed E-state index contributed by atoms with van der Waals surface area (Å²) in [5.74, 6) is -0.0291. The van der Waals surface area contributed by atoms with E-state index in [9.17, 15) is 15.0 Å². The fourth-order valence-corrected chi connectivity index (χ4v) is 3.46. The summed E-state index contributed by atoms with van der Waals surface area (Å²) in [6, 6.07) is 25.0. The summed E-state index contributed by atoms with van der Waals surface area (Å²) in [6.45, 7) is 3.33. The highest BCUT2D eigenvalue weighted by molar-refractivity contribution is 5.90. The summed E-state index contributed by atoms with van der Waals surface area (Å²) in [4.78, 5) is 13.1. The third-order valence-electron chi connectivity index (χ3n) is 5.27. The molecular formula is C28H28O6. The first-order valence-corrected chi connectivity index (χ1v) is 10.8. The van der Waals surface area contributed by atoms with Gasteiger partial charge in [-0.05, 0) is 35.4 Å². The van der Waals surface area contributed by atoms with Gasteiger partial charge in [-0.15, -0.1) is 5.73 Å². The summed E-state index contributed by atoms with van der Waals surface area (Å²) >= 11 is 0. The van der Waals surface area contributed by atoms with Gasteiger partial charge in [-0.2, -0.15) is 0 Å². The normalized spacial score (nSPS) is 13.3. The molecular weight excluding hydrogens is 432 g/mol. The lowest BCUT2D eigenvalue weighted by molar-refractivity contribution is -0.107. The average molecular weight is 461 g/mol. The van der Waals surface area contributed by atoms with Gasteiger partial charge in [0.05, 0.1) is 25.9 Å². The van der Waals surface area contributed by atoms with Crippen molar-refractivity contribution >= 4 is 11.5 Å². The molecule has 0 spiro atoms. The zero-order valence-corrected chi connectivity index (χ0v) is 19.0. The lowest BCUT2D eigenvalue weighted by Gasteiger charge is -2.31. The van der Waals surface area contributed by atoms with Crippen LogP contribution in [-0.4, -0.2) is 48.2 Å². The fraction of sp³-hybridized carbons (Fsp3) is 0.214. The fourth-order valence-electron chi connectivity index (χ4n) is 3.46. The van der Waals surface area contributed by atoms with E-state index in [0.29, 0.717) is 22.4 Å². The van der Waals surface area contributed by atoms with E-state index in [1.54, 1.807) is 24.3 Å². The molecule has 3 aromatic rings. The largest absolute Gasteiger partial charge is 0.497 e. The number of aliphatic hydroxyl groups excluding tert-OH is 2. The van der Waals surface area contributed by atoms with Gasteiger partial charge in [-0.3, -0.25) is 0 Å². The van der Waals surface area contributed by atoms with Crippen molar-refractivity contribution < 1.29 is 29.2 Å². The van der Waals surface area contributed by atoms with E-state index in [4.69, 9.17) is 14.2 Å². The zero-order valence-electron chi connectivity index (χ0n) is 19.0. The minimum absolute atomic E-state index is 0.137. The summed E-state index contributed by atoms with van der Waals surface area (Å²) < 4.78 is 17.0. The van der Waals surface area contributed by atoms with Crippen LogP contribution in [0.4, 0.5) is 0 Å². The quantitative estimate of drug-likeness (QED) is 0.332. The molecule has 0 saturated carbocycles. The highest BCUT2D eigenvalue weighted by Crippen LogP contribution is 2.27. The number of benzene rings is 3. The molecule has 0 aliphatic carbocycles. The van der Waals surface area contributed by atoms with Crippen LogP contribution >= 0.6 is 0 Å². The van der Waals surface area contributed by atoms with Gasteiger partial charge in [-0.25, -0.2) is 4.79 Å². The van der Waals surface area contributed by atoms with Crippen LogP contribution < -0.4 is 4.74 Å². The zero-order chi connectivity index (χ0) is 24.3. The van der Waals surface area contributed by atoms with E-state index >= 15 is 0 Å². The maximum atomic E-state index is 13.1. The highest BCUT2D eigenvalue weighted by Gasteiger charge is 2.36. The number of carbonyl (C=O) groups excluding carboxylic acids is 1. The Morgan fingerprint density at radius 3 is 2.12 bits per heavy atom. The lowest BCUT2D eigenvalue weighted by atomic mass is 9.94. The minimum atomic E-state index is -1.33. The van der Waals surface area contributed by atoms with Crippen molar-refractivity contribution in [3.8, 4) is 5.75 Å². The van der Waals surface area contributed by atoms with E-state index in [0.717, 1.165) is 5.56 Å². The highest BCUT2D eigenvalue weighted by atomic mass is 16.6. The SMILES string of the molecule is C=C=C(c1ccccc1)[C@@H](OC(=O)c1ccc(OC)cc1)[C@H](OCc1ccccc1)[C@H](O)CO. The first-order chi connectivity index (χ1) is 16.6. The molecule has 6 heteroatoms. The minimum Gasteiger partial charge on any atom is -0.497 e. The van der Waals surface area contributed by atoms with Crippen LogP contribution in [0.1, 0.15) is 21.5 Å². The van der Waals surface area contributed by atoms with Gasteiger partial charge in [0.2, 0.25) is 0 Å². The Hall–Kier alpha value is -3.67. The summed E-state index contributed by atoms with van der Waals surface area (Å²) in [5.41, 5.74) is 5.13. The Morgan fingerprint density at radius 2 is 1.56 bits per heavy atom. The molecule has 0 aliphatic heterocycles. The Balaban J connectivity index is 1.96. The molecule has 34 heavy (non-hydrogen) atoms. The van der Waals surface area contributed by atoms with Gasteiger partial charge in [-0.1, -0.05) is 67.2 Å². The van der Waals surface area contributed by atoms with Crippen molar-refractivity contribution in [3.63, 3.8) is 0 Å². The number of methoxy groups -OCH3 is 1. The van der Waals surface area contributed by atoms with E-state index in [1.165, 1.54) is 7.11 Å². The van der Waals surface area contributed by atoms with Crippen LogP contribution in [0, 0.1) is 0 Å². The standard InChI is InChI=1S/C28H28O6/c1-3-24(21-12-8-5-9-13-21)26(34-28(31)22-14-16-23(32-2)17-15-22)27(25(30)18-29)33-19-20-10-6-4-7-11-20/h4-17,25-27,29-30H,1,18-19H2,2H3/t25-,26-,27-/m1/s1. The molecule has 0 amide bonds. The molecule has 0 aromatic heterocycles. The second-order valence-electron chi connectivity index (χ2n) is 7.52. The second-order valence-corrected chi connectivity index (χ2v) is 7.52. The van der Waals surface area contributed by atoms with E-state index in [2.05, 4.69) is 12.3 Å². The van der Waals surface area contributed by atoms with Crippen molar-refractivity contribution in [2.24, 2.45) is 0 Å². The smallest absolute Gasteiger partial charge is 0.338 e. The molecule has 0 bridgehead atoms. The van der Waals surface area contributed by atoms with Crippen molar-refractivity contribution in [1.29, 1.82) is 0 Å². The summed E-state index contributed by atoms with van der Waals surface area (Å²) in [6.07, 6.45) is -3.51. The molecule has 2 N–H and O–H groups in total. The predicted octanol–water partition coefficient (Wildman–Crippen LogP) is 4.03. The number of rotatable bonds is 11. The number of aliphatic hydroxyl groups is 2. The molecule has 3 aromatic carbocycles. The number of hydrogen-bond donors (Lipinski definition) is 2. The number of carbonyl (C=O) groups is 1. The van der Waals surface area contributed by atoms with Crippen LogP contribution in [0.2, 0.25) is 0 Å². The molecule has 3 rings (SSSR count). The van der Waals surface area contributed by atoms with Crippen LogP contribution in [0.3, 0.4) is 0 Å². The van der Waals surface area contributed by atoms with Crippen molar-refractivity contribution in [2.75, 3.05) is 13.7 Å². The Morgan fingerprint density at radius 1 is 0.941 bits per heavy atom. The third-order valence-corrected chi connectivity index (χ3v) is 5.27. The first-order valence-electron chi connectivity index (χ1n) is 10.8. The van der Waals surface area contributed by atoms with E-state index in [-0.39, 0.29) is 6.61 Å². The van der Waals surface area contributed by atoms with Gasteiger partial charge in [0.1, 0.15) is 18.0 Å². The van der Waals surface area contributed by atoms with Gasteiger partial charge >= 0.3 is 5.97 Å². The summed E-state index contributed by atoms with van der Waals surface area (Å²) in [7, 11) is 1.54. The number of esters is 1. The molecule has 0 heterocycles.